The first-order valence-electron chi connectivity index (χ1n) is 7.67. The molecule has 21 heavy (non-hydrogen) atoms. The lowest BCUT2D eigenvalue weighted by atomic mass is 10.2. The van der Waals surface area contributed by atoms with Crippen molar-refractivity contribution in [1.29, 1.82) is 0 Å². The van der Waals surface area contributed by atoms with Gasteiger partial charge in [-0.2, -0.15) is 0 Å². The molecule has 1 aromatic heterocycles. The van der Waals surface area contributed by atoms with Gasteiger partial charge in [0.05, 0.1) is 0 Å². The molecule has 0 saturated carbocycles. The Morgan fingerprint density at radius 1 is 1.33 bits per heavy atom. The van der Waals surface area contributed by atoms with Crippen molar-refractivity contribution in [3.63, 3.8) is 0 Å². The van der Waals surface area contributed by atoms with Crippen LogP contribution in [0.15, 0.2) is 0 Å². The summed E-state index contributed by atoms with van der Waals surface area (Å²) in [4.78, 5) is 20.9. The van der Waals surface area contributed by atoms with E-state index in [-0.39, 0.29) is 17.6 Å². The van der Waals surface area contributed by atoms with Gasteiger partial charge in [0.25, 0.3) is 5.91 Å². The van der Waals surface area contributed by atoms with Crippen molar-refractivity contribution in [2.45, 2.75) is 26.2 Å². The second-order valence-corrected chi connectivity index (χ2v) is 5.95. The van der Waals surface area contributed by atoms with E-state index in [0.29, 0.717) is 6.54 Å². The summed E-state index contributed by atoms with van der Waals surface area (Å²) in [6.45, 7) is 10.2. The molecule has 0 spiro atoms. The second kappa shape index (κ2) is 7.51. The molecule has 1 aliphatic heterocycles. The van der Waals surface area contributed by atoms with Gasteiger partial charge in [-0.1, -0.05) is 13.8 Å². The molecule has 7 nitrogen and oxygen atoms in total. The van der Waals surface area contributed by atoms with Gasteiger partial charge in [0.1, 0.15) is 5.82 Å². The van der Waals surface area contributed by atoms with E-state index in [9.17, 15) is 4.79 Å². The molecular formula is C14H26N6O. The molecule has 2 heterocycles. The van der Waals surface area contributed by atoms with Crippen molar-refractivity contribution < 1.29 is 4.79 Å². The molecule has 0 radical (unpaired) electrons. The van der Waals surface area contributed by atoms with Crippen molar-refractivity contribution in [1.82, 2.24) is 30.3 Å². The van der Waals surface area contributed by atoms with E-state index in [1.54, 1.807) is 0 Å². The van der Waals surface area contributed by atoms with Crippen molar-refractivity contribution >= 4 is 5.91 Å². The van der Waals surface area contributed by atoms with E-state index in [1.165, 1.54) is 0 Å². The normalized spacial score (nSPS) is 17.3. The second-order valence-electron chi connectivity index (χ2n) is 5.95. The number of aromatic nitrogens is 3. The van der Waals surface area contributed by atoms with Crippen LogP contribution in [0.25, 0.3) is 0 Å². The number of hydrogen-bond donors (Lipinski definition) is 2. The summed E-state index contributed by atoms with van der Waals surface area (Å²) in [5, 5.41) is 9.63. The Hall–Kier alpha value is -1.47. The van der Waals surface area contributed by atoms with Crippen LogP contribution in [0, 0.1) is 0 Å². The van der Waals surface area contributed by atoms with Crippen molar-refractivity contribution in [3.05, 3.63) is 11.6 Å². The van der Waals surface area contributed by atoms with Crippen LogP contribution in [-0.2, 0) is 0 Å². The number of piperazine rings is 1. The van der Waals surface area contributed by atoms with Gasteiger partial charge in [-0.15, -0.1) is 5.10 Å². The molecule has 1 aromatic rings. The zero-order valence-corrected chi connectivity index (χ0v) is 13.2. The minimum Gasteiger partial charge on any atom is -0.349 e. The quantitative estimate of drug-likeness (QED) is 0.738. The Balaban J connectivity index is 1.65. The molecule has 0 aromatic carbocycles. The van der Waals surface area contributed by atoms with E-state index in [0.717, 1.165) is 45.0 Å². The van der Waals surface area contributed by atoms with Crippen molar-refractivity contribution in [2.75, 3.05) is 46.3 Å². The number of aromatic amines is 1. The third-order valence-electron chi connectivity index (χ3n) is 3.79. The predicted octanol–water partition coefficient (Wildman–Crippen LogP) is 0.295. The van der Waals surface area contributed by atoms with Gasteiger partial charge in [-0.3, -0.25) is 9.89 Å². The molecule has 1 amide bonds. The van der Waals surface area contributed by atoms with Crippen molar-refractivity contribution in [2.24, 2.45) is 0 Å². The maximum absolute atomic E-state index is 11.9. The summed E-state index contributed by atoms with van der Waals surface area (Å²) < 4.78 is 0. The minimum absolute atomic E-state index is 0.198. The lowest BCUT2D eigenvalue weighted by molar-refractivity contribution is 0.0939. The fourth-order valence-electron chi connectivity index (χ4n) is 2.29. The van der Waals surface area contributed by atoms with E-state index >= 15 is 0 Å². The predicted molar refractivity (Wildman–Crippen MR) is 81.4 cm³/mol. The third kappa shape index (κ3) is 4.78. The number of rotatable bonds is 6. The topological polar surface area (TPSA) is 77.2 Å². The van der Waals surface area contributed by atoms with Gasteiger partial charge in [0, 0.05) is 38.6 Å². The molecule has 0 atom stereocenters. The fraction of sp³-hybridized carbons (Fsp3) is 0.786. The zero-order chi connectivity index (χ0) is 15.2. The highest BCUT2D eigenvalue weighted by Crippen LogP contribution is 2.07. The Morgan fingerprint density at radius 2 is 2.05 bits per heavy atom. The monoisotopic (exact) mass is 294 g/mol. The molecule has 0 unspecified atom stereocenters. The van der Waals surface area contributed by atoms with E-state index in [1.807, 2.05) is 13.8 Å². The summed E-state index contributed by atoms with van der Waals surface area (Å²) >= 11 is 0. The van der Waals surface area contributed by atoms with Crippen molar-refractivity contribution in [3.8, 4) is 0 Å². The Bertz CT molecular complexity index is 450. The summed E-state index contributed by atoms with van der Waals surface area (Å²) in [6.07, 6.45) is 0.955. The summed E-state index contributed by atoms with van der Waals surface area (Å²) in [5.41, 5.74) is 0. The molecule has 0 aliphatic carbocycles. The number of H-pyrrole nitrogens is 1. The lowest BCUT2D eigenvalue weighted by Gasteiger charge is -2.32. The van der Waals surface area contributed by atoms with Crippen LogP contribution < -0.4 is 5.32 Å². The van der Waals surface area contributed by atoms with Crippen LogP contribution in [0.5, 0.6) is 0 Å². The van der Waals surface area contributed by atoms with E-state index < -0.39 is 0 Å². The zero-order valence-electron chi connectivity index (χ0n) is 13.2. The molecule has 2 N–H and O–H groups in total. The van der Waals surface area contributed by atoms with Crippen LogP contribution in [0.3, 0.4) is 0 Å². The van der Waals surface area contributed by atoms with Gasteiger partial charge in [-0.25, -0.2) is 4.98 Å². The standard InChI is InChI=1S/C14H26N6O/c1-11(2)12-16-13(18-17-12)14(21)15-5-4-6-20-9-7-19(3)8-10-20/h11H,4-10H2,1-3H3,(H,15,21)(H,16,17,18). The molecule has 7 heteroatoms. The van der Waals surface area contributed by atoms with Gasteiger partial charge in [-0.05, 0) is 20.0 Å². The molecule has 1 aliphatic rings. The maximum atomic E-state index is 11.9. The van der Waals surface area contributed by atoms with Crippen LogP contribution in [-0.4, -0.2) is 77.2 Å². The summed E-state index contributed by atoms with van der Waals surface area (Å²) in [6, 6.07) is 0. The molecule has 0 bridgehead atoms. The number of nitrogens with zero attached hydrogens (tertiary/aromatic N) is 4. The van der Waals surface area contributed by atoms with Crippen LogP contribution in [0.1, 0.15) is 42.6 Å². The number of nitrogens with one attached hydrogen (secondary N) is 2. The molecular weight excluding hydrogens is 268 g/mol. The number of amides is 1. The third-order valence-corrected chi connectivity index (χ3v) is 3.79. The highest BCUT2D eigenvalue weighted by Gasteiger charge is 2.15. The first kappa shape index (κ1) is 15.9. The van der Waals surface area contributed by atoms with E-state index in [2.05, 4.69) is 37.3 Å². The van der Waals surface area contributed by atoms with Gasteiger partial charge >= 0.3 is 0 Å². The largest absolute Gasteiger partial charge is 0.349 e. The number of carbonyl (C=O) groups excluding carboxylic acids is 1. The maximum Gasteiger partial charge on any atom is 0.290 e. The molecule has 2 rings (SSSR count). The Labute approximate surface area is 126 Å². The Morgan fingerprint density at radius 3 is 2.67 bits per heavy atom. The minimum atomic E-state index is -0.198. The Kier molecular flexibility index (Phi) is 5.69. The first-order chi connectivity index (χ1) is 10.1. The number of carbonyl (C=O) groups is 1. The molecule has 1 saturated heterocycles. The van der Waals surface area contributed by atoms with Crippen LogP contribution in [0.2, 0.25) is 0 Å². The molecule has 1 fully saturated rings. The lowest BCUT2D eigenvalue weighted by Crippen LogP contribution is -2.45. The average molecular weight is 294 g/mol. The average Bonchev–Trinajstić information content (AvgIpc) is 2.95. The first-order valence-corrected chi connectivity index (χ1v) is 7.67. The molecule has 118 valence electrons. The summed E-state index contributed by atoms with van der Waals surface area (Å²) in [7, 11) is 2.15. The number of hydrogen-bond acceptors (Lipinski definition) is 5. The highest BCUT2D eigenvalue weighted by molar-refractivity contribution is 5.90. The van der Waals surface area contributed by atoms with Crippen LogP contribution in [0.4, 0.5) is 0 Å². The number of likely N-dealkylation sites (N-methyl/N-ethyl adjacent to an activating group) is 1. The summed E-state index contributed by atoms with van der Waals surface area (Å²) in [5.74, 6) is 1.03. The van der Waals surface area contributed by atoms with Gasteiger partial charge < -0.3 is 15.1 Å². The van der Waals surface area contributed by atoms with Gasteiger partial charge in [0.15, 0.2) is 0 Å². The SMILES string of the molecule is CC(C)c1nc(C(=O)NCCCN2CCN(C)CC2)n[nH]1. The fourth-order valence-corrected chi connectivity index (χ4v) is 2.29. The van der Waals surface area contributed by atoms with Gasteiger partial charge in [0.2, 0.25) is 5.82 Å². The smallest absolute Gasteiger partial charge is 0.290 e. The van der Waals surface area contributed by atoms with E-state index in [4.69, 9.17) is 0 Å². The highest BCUT2D eigenvalue weighted by atomic mass is 16.2. The van der Waals surface area contributed by atoms with Crippen LogP contribution >= 0.6 is 0 Å².